The van der Waals surface area contributed by atoms with Gasteiger partial charge in [-0.25, -0.2) is 13.4 Å². The Morgan fingerprint density at radius 1 is 1.05 bits per heavy atom. The Balaban J connectivity index is 2.13. The van der Waals surface area contributed by atoms with Gasteiger partial charge in [-0.2, -0.15) is 0 Å². The first kappa shape index (κ1) is 12.2. The van der Waals surface area contributed by atoms with E-state index in [-0.39, 0.29) is 4.90 Å². The highest BCUT2D eigenvalue weighted by molar-refractivity contribution is 7.72. The van der Waals surface area contributed by atoms with E-state index in [1.54, 1.807) is 30.3 Å². The number of halogens is 1. The van der Waals surface area contributed by atoms with Crippen LogP contribution in [-0.2, 0) is 10.7 Å². The molecular weight excluding hydrogens is 286 g/mol. The standard InChI is InChI=1S/C13H8ClNO3S/c14-9-3-1-8(2-4-9)13-15-11-6-5-10(19(16)17)7-12(11)18-13/h1-7,19H. The number of benzene rings is 2. The number of nitrogens with zero attached hydrogens (tertiary/aromatic N) is 1. The van der Waals surface area contributed by atoms with Gasteiger partial charge in [0.25, 0.3) is 0 Å². The van der Waals surface area contributed by atoms with Crippen LogP contribution in [0.4, 0.5) is 0 Å². The highest BCUT2D eigenvalue weighted by Crippen LogP contribution is 2.26. The Morgan fingerprint density at radius 2 is 1.79 bits per heavy atom. The number of hydrogen-bond acceptors (Lipinski definition) is 4. The van der Waals surface area contributed by atoms with Crippen molar-refractivity contribution in [1.29, 1.82) is 0 Å². The highest BCUT2D eigenvalue weighted by Gasteiger charge is 2.09. The van der Waals surface area contributed by atoms with Gasteiger partial charge in [-0.05, 0) is 36.4 Å². The summed E-state index contributed by atoms with van der Waals surface area (Å²) in [6.45, 7) is 0. The van der Waals surface area contributed by atoms with Crippen LogP contribution < -0.4 is 0 Å². The van der Waals surface area contributed by atoms with Crippen molar-refractivity contribution in [3.8, 4) is 11.5 Å². The van der Waals surface area contributed by atoms with Crippen molar-refractivity contribution in [1.82, 2.24) is 4.98 Å². The van der Waals surface area contributed by atoms with E-state index in [1.807, 2.05) is 0 Å². The maximum absolute atomic E-state index is 10.9. The van der Waals surface area contributed by atoms with Gasteiger partial charge in [0, 0.05) is 16.7 Å². The molecule has 0 aliphatic rings. The molecule has 19 heavy (non-hydrogen) atoms. The summed E-state index contributed by atoms with van der Waals surface area (Å²) in [5.74, 6) is 0.435. The summed E-state index contributed by atoms with van der Waals surface area (Å²) in [6.07, 6.45) is 0. The van der Waals surface area contributed by atoms with Crippen LogP contribution in [0, 0.1) is 0 Å². The zero-order valence-electron chi connectivity index (χ0n) is 9.54. The van der Waals surface area contributed by atoms with E-state index in [0.29, 0.717) is 22.0 Å². The molecule has 3 aromatic rings. The predicted octanol–water partition coefficient (Wildman–Crippen LogP) is 3.12. The van der Waals surface area contributed by atoms with Crippen LogP contribution in [0.5, 0.6) is 0 Å². The summed E-state index contributed by atoms with van der Waals surface area (Å²) in [5, 5.41) is 0.630. The second kappa shape index (κ2) is 4.68. The van der Waals surface area contributed by atoms with Gasteiger partial charge < -0.3 is 4.42 Å². The van der Waals surface area contributed by atoms with Crippen molar-refractivity contribution < 1.29 is 12.8 Å². The first-order valence-corrected chi connectivity index (χ1v) is 7.00. The molecule has 0 N–H and O–H groups in total. The fourth-order valence-electron chi connectivity index (χ4n) is 1.74. The minimum atomic E-state index is -2.62. The lowest BCUT2D eigenvalue weighted by Gasteiger charge is -1.94. The van der Waals surface area contributed by atoms with Gasteiger partial charge >= 0.3 is 0 Å². The number of hydrogen-bond donors (Lipinski definition) is 1. The molecule has 0 saturated carbocycles. The molecule has 96 valence electrons. The summed E-state index contributed by atoms with van der Waals surface area (Å²) in [7, 11) is -2.62. The molecule has 4 nitrogen and oxygen atoms in total. The van der Waals surface area contributed by atoms with Gasteiger partial charge in [-0.1, -0.05) is 11.6 Å². The van der Waals surface area contributed by atoms with Crippen molar-refractivity contribution in [3.63, 3.8) is 0 Å². The topological polar surface area (TPSA) is 60.2 Å². The molecule has 3 rings (SSSR count). The average molecular weight is 294 g/mol. The maximum atomic E-state index is 10.9. The molecule has 0 amide bonds. The SMILES string of the molecule is O=[SH](=O)c1ccc2nc(-c3ccc(Cl)cc3)oc2c1. The lowest BCUT2D eigenvalue weighted by molar-refractivity contribution is 0.610. The maximum Gasteiger partial charge on any atom is 0.227 e. The molecule has 2 aromatic carbocycles. The Bertz CT molecular complexity index is 814. The second-order valence-corrected chi connectivity index (χ2v) is 5.40. The first-order valence-electron chi connectivity index (χ1n) is 5.44. The Kier molecular flexibility index (Phi) is 3.00. The van der Waals surface area contributed by atoms with Gasteiger partial charge in [0.2, 0.25) is 5.89 Å². The zero-order valence-corrected chi connectivity index (χ0v) is 11.2. The molecular formula is C13H8ClNO3S. The molecule has 1 aromatic heterocycles. The van der Waals surface area contributed by atoms with E-state index in [4.69, 9.17) is 16.0 Å². The number of aromatic nitrogens is 1. The van der Waals surface area contributed by atoms with E-state index in [0.717, 1.165) is 5.56 Å². The first-order chi connectivity index (χ1) is 9.13. The smallest absolute Gasteiger partial charge is 0.227 e. The summed E-state index contributed by atoms with van der Waals surface area (Å²) in [5.41, 5.74) is 1.85. The van der Waals surface area contributed by atoms with E-state index in [9.17, 15) is 8.42 Å². The van der Waals surface area contributed by atoms with Crippen LogP contribution in [0.15, 0.2) is 51.8 Å². The fraction of sp³-hybridized carbons (Fsp3) is 0. The highest BCUT2D eigenvalue weighted by atomic mass is 35.5. The summed E-state index contributed by atoms with van der Waals surface area (Å²) in [4.78, 5) is 4.52. The number of fused-ring (bicyclic) bond motifs is 1. The minimum Gasteiger partial charge on any atom is -0.436 e. The van der Waals surface area contributed by atoms with Gasteiger partial charge in [0.1, 0.15) is 5.52 Å². The predicted molar refractivity (Wildman–Crippen MR) is 73.0 cm³/mol. The van der Waals surface area contributed by atoms with Crippen LogP contribution in [0.3, 0.4) is 0 Å². The third kappa shape index (κ3) is 2.34. The van der Waals surface area contributed by atoms with Crippen LogP contribution in [0.1, 0.15) is 0 Å². The molecule has 0 radical (unpaired) electrons. The van der Waals surface area contributed by atoms with Crippen LogP contribution in [0.25, 0.3) is 22.6 Å². The molecule has 0 saturated heterocycles. The third-order valence-corrected chi connectivity index (χ3v) is 3.63. The van der Waals surface area contributed by atoms with Crippen molar-refractivity contribution >= 4 is 33.4 Å². The van der Waals surface area contributed by atoms with Crippen molar-refractivity contribution in [2.24, 2.45) is 0 Å². The van der Waals surface area contributed by atoms with Crippen LogP contribution >= 0.6 is 11.6 Å². The summed E-state index contributed by atoms with van der Waals surface area (Å²) >= 11 is 5.82. The lowest BCUT2D eigenvalue weighted by atomic mass is 10.2. The zero-order chi connectivity index (χ0) is 13.4. The number of thiol groups is 1. The normalized spacial score (nSPS) is 11.3. The van der Waals surface area contributed by atoms with E-state index in [1.165, 1.54) is 12.1 Å². The average Bonchev–Trinajstić information content (AvgIpc) is 2.82. The second-order valence-electron chi connectivity index (χ2n) is 3.94. The van der Waals surface area contributed by atoms with E-state index < -0.39 is 10.7 Å². The largest absolute Gasteiger partial charge is 0.436 e. The Morgan fingerprint density at radius 3 is 2.47 bits per heavy atom. The molecule has 6 heteroatoms. The Labute approximate surface area is 115 Å². The van der Waals surface area contributed by atoms with Crippen LogP contribution in [-0.4, -0.2) is 13.4 Å². The fourth-order valence-corrected chi connectivity index (χ4v) is 2.29. The molecule has 0 aliphatic heterocycles. The molecule has 0 bridgehead atoms. The number of oxazole rings is 1. The van der Waals surface area contributed by atoms with E-state index >= 15 is 0 Å². The molecule has 0 spiro atoms. The van der Waals surface area contributed by atoms with Crippen molar-refractivity contribution in [3.05, 3.63) is 47.5 Å². The Hall–Kier alpha value is -1.85. The van der Waals surface area contributed by atoms with E-state index in [2.05, 4.69) is 4.98 Å². The number of rotatable bonds is 2. The lowest BCUT2D eigenvalue weighted by Crippen LogP contribution is -1.78. The summed E-state index contributed by atoms with van der Waals surface area (Å²) < 4.78 is 27.4. The molecule has 0 unspecified atom stereocenters. The molecule has 0 atom stereocenters. The van der Waals surface area contributed by atoms with Crippen molar-refractivity contribution in [2.75, 3.05) is 0 Å². The van der Waals surface area contributed by atoms with Gasteiger partial charge in [0.15, 0.2) is 16.3 Å². The molecule has 0 fully saturated rings. The molecule has 0 aliphatic carbocycles. The van der Waals surface area contributed by atoms with Crippen LogP contribution in [0.2, 0.25) is 5.02 Å². The summed E-state index contributed by atoms with van der Waals surface area (Å²) in [6, 6.07) is 11.7. The van der Waals surface area contributed by atoms with Gasteiger partial charge in [-0.3, -0.25) is 0 Å². The quantitative estimate of drug-likeness (QED) is 0.738. The minimum absolute atomic E-state index is 0.210. The monoisotopic (exact) mass is 293 g/mol. The van der Waals surface area contributed by atoms with Gasteiger partial charge in [-0.15, -0.1) is 0 Å². The third-order valence-electron chi connectivity index (χ3n) is 2.67. The van der Waals surface area contributed by atoms with Gasteiger partial charge in [0.05, 0.1) is 4.90 Å². The van der Waals surface area contributed by atoms with Crippen molar-refractivity contribution in [2.45, 2.75) is 4.90 Å². The molecule has 1 heterocycles.